The minimum atomic E-state index is -3.91. The van der Waals surface area contributed by atoms with Crippen LogP contribution in [-0.4, -0.2) is 42.8 Å². The van der Waals surface area contributed by atoms with Gasteiger partial charge in [-0.15, -0.1) is 0 Å². The van der Waals surface area contributed by atoms with Gasteiger partial charge in [0.2, 0.25) is 0 Å². The number of nitrogens with one attached hydrogen (secondary N) is 1. The first-order valence-corrected chi connectivity index (χ1v) is 10.7. The molecule has 0 spiro atoms. The standard InChI is InChI=1S/C19H21FN2O4S/c1-22-17(24)14-3-2-13(5-15(14)27(22,25)26)16(23)21-19-8-11-4-12(9-19)7-18(20,6-11)10-19/h2-3,5,11-12H,4,6-10H2,1H3,(H,21,23). The minimum Gasteiger partial charge on any atom is -0.346 e. The summed E-state index contributed by atoms with van der Waals surface area (Å²) in [7, 11) is -2.71. The molecule has 4 aliphatic carbocycles. The van der Waals surface area contributed by atoms with E-state index in [-0.39, 0.29) is 16.0 Å². The zero-order chi connectivity index (χ0) is 19.2. The number of benzene rings is 1. The molecule has 1 aliphatic heterocycles. The van der Waals surface area contributed by atoms with Crippen LogP contribution in [0.25, 0.3) is 0 Å². The number of hydrogen-bond donors (Lipinski definition) is 1. The van der Waals surface area contributed by atoms with Crippen LogP contribution >= 0.6 is 0 Å². The molecule has 2 amide bonds. The van der Waals surface area contributed by atoms with Crippen molar-refractivity contribution in [3.63, 3.8) is 0 Å². The van der Waals surface area contributed by atoms with E-state index >= 15 is 4.39 Å². The third-order valence-electron chi connectivity index (χ3n) is 6.77. The average molecular weight is 392 g/mol. The van der Waals surface area contributed by atoms with Gasteiger partial charge in [0.05, 0.1) is 5.56 Å². The molecule has 0 saturated heterocycles. The lowest BCUT2D eigenvalue weighted by molar-refractivity contribution is -0.0937. The summed E-state index contributed by atoms with van der Waals surface area (Å²) in [4.78, 5) is 24.8. The topological polar surface area (TPSA) is 83.6 Å². The second-order valence-corrected chi connectivity index (χ2v) is 10.8. The van der Waals surface area contributed by atoms with Gasteiger partial charge in [-0.25, -0.2) is 17.1 Å². The Morgan fingerprint density at radius 1 is 1.22 bits per heavy atom. The van der Waals surface area contributed by atoms with Crippen LogP contribution < -0.4 is 5.32 Å². The number of halogens is 1. The Balaban J connectivity index is 1.45. The molecular formula is C19H21FN2O4S. The molecule has 6 rings (SSSR count). The smallest absolute Gasteiger partial charge is 0.268 e. The highest BCUT2D eigenvalue weighted by molar-refractivity contribution is 7.90. The Hall–Kier alpha value is -1.96. The summed E-state index contributed by atoms with van der Waals surface area (Å²) in [6, 6.07) is 4.10. The Morgan fingerprint density at radius 2 is 1.89 bits per heavy atom. The van der Waals surface area contributed by atoms with Gasteiger partial charge in [-0.05, 0) is 62.1 Å². The molecule has 1 N–H and O–H groups in total. The summed E-state index contributed by atoms with van der Waals surface area (Å²) >= 11 is 0. The van der Waals surface area contributed by atoms with Crippen molar-refractivity contribution in [2.24, 2.45) is 11.8 Å². The van der Waals surface area contributed by atoms with Crippen molar-refractivity contribution in [2.45, 2.75) is 54.6 Å². The van der Waals surface area contributed by atoms with Crippen LogP contribution in [0.1, 0.15) is 59.2 Å². The number of carbonyl (C=O) groups excluding carboxylic acids is 2. The molecule has 0 radical (unpaired) electrons. The second kappa shape index (κ2) is 5.10. The third kappa shape index (κ3) is 2.38. The van der Waals surface area contributed by atoms with Crippen molar-refractivity contribution in [3.8, 4) is 0 Å². The van der Waals surface area contributed by atoms with Crippen molar-refractivity contribution < 1.29 is 22.4 Å². The van der Waals surface area contributed by atoms with E-state index in [2.05, 4.69) is 5.32 Å². The maximum atomic E-state index is 15.1. The molecule has 5 aliphatic rings. The average Bonchev–Trinajstić information content (AvgIpc) is 2.73. The molecular weight excluding hydrogens is 371 g/mol. The zero-order valence-corrected chi connectivity index (χ0v) is 15.8. The maximum Gasteiger partial charge on any atom is 0.268 e. The third-order valence-corrected chi connectivity index (χ3v) is 8.55. The van der Waals surface area contributed by atoms with E-state index < -0.39 is 33.0 Å². The van der Waals surface area contributed by atoms with E-state index in [9.17, 15) is 18.0 Å². The summed E-state index contributed by atoms with van der Waals surface area (Å²) in [6.45, 7) is 0. The molecule has 27 heavy (non-hydrogen) atoms. The molecule has 144 valence electrons. The summed E-state index contributed by atoms with van der Waals surface area (Å²) < 4.78 is 40.5. The largest absolute Gasteiger partial charge is 0.346 e. The first kappa shape index (κ1) is 17.2. The van der Waals surface area contributed by atoms with Crippen molar-refractivity contribution in [2.75, 3.05) is 7.05 Å². The number of alkyl halides is 1. The van der Waals surface area contributed by atoms with E-state index in [1.54, 1.807) is 0 Å². The van der Waals surface area contributed by atoms with Crippen molar-refractivity contribution >= 4 is 21.8 Å². The van der Waals surface area contributed by atoms with Crippen molar-refractivity contribution in [1.82, 2.24) is 9.62 Å². The molecule has 2 atom stereocenters. The maximum absolute atomic E-state index is 15.1. The van der Waals surface area contributed by atoms with Gasteiger partial charge in [0.1, 0.15) is 10.6 Å². The number of amides is 2. The van der Waals surface area contributed by atoms with Gasteiger partial charge < -0.3 is 5.32 Å². The quantitative estimate of drug-likeness (QED) is 0.837. The number of rotatable bonds is 2. The SMILES string of the molecule is CN1C(=O)c2ccc(C(=O)NC34CC5CC(CC(F)(C5)C3)C4)cc2S1(=O)=O. The molecule has 1 aromatic rings. The Labute approximate surface area is 157 Å². The number of carbonyl (C=O) groups is 2. The highest BCUT2D eigenvalue weighted by Crippen LogP contribution is 2.59. The highest BCUT2D eigenvalue weighted by atomic mass is 32.2. The molecule has 4 fully saturated rings. The number of fused-ring (bicyclic) bond motifs is 1. The Kier molecular flexibility index (Phi) is 3.24. The van der Waals surface area contributed by atoms with Crippen molar-refractivity contribution in [3.05, 3.63) is 29.3 Å². The van der Waals surface area contributed by atoms with Crippen LogP contribution in [0, 0.1) is 11.8 Å². The van der Waals surface area contributed by atoms with E-state index in [0.29, 0.717) is 35.4 Å². The molecule has 1 aromatic carbocycles. The fourth-order valence-corrected chi connectivity index (χ4v) is 7.41. The van der Waals surface area contributed by atoms with Crippen LogP contribution in [0.15, 0.2) is 23.1 Å². The van der Waals surface area contributed by atoms with Crippen LogP contribution in [0.2, 0.25) is 0 Å². The lowest BCUT2D eigenvalue weighted by Crippen LogP contribution is -2.64. The van der Waals surface area contributed by atoms with E-state index in [0.717, 1.165) is 19.3 Å². The van der Waals surface area contributed by atoms with Crippen LogP contribution in [-0.2, 0) is 10.0 Å². The molecule has 4 saturated carbocycles. The van der Waals surface area contributed by atoms with Crippen LogP contribution in [0.4, 0.5) is 4.39 Å². The molecule has 4 bridgehead atoms. The summed E-state index contributed by atoms with van der Waals surface area (Å²) in [6.07, 6.45) is 4.12. The monoisotopic (exact) mass is 392 g/mol. The summed E-state index contributed by atoms with van der Waals surface area (Å²) in [5, 5.41) is 3.03. The predicted octanol–water partition coefficient (Wildman–Crippen LogP) is 2.25. The molecule has 0 aromatic heterocycles. The molecule has 1 heterocycles. The Bertz CT molecular complexity index is 975. The van der Waals surface area contributed by atoms with Gasteiger partial charge in [0, 0.05) is 24.6 Å². The van der Waals surface area contributed by atoms with E-state index in [1.165, 1.54) is 25.2 Å². The zero-order valence-electron chi connectivity index (χ0n) is 15.0. The first-order valence-electron chi connectivity index (χ1n) is 9.30. The van der Waals surface area contributed by atoms with Crippen molar-refractivity contribution in [1.29, 1.82) is 0 Å². The fraction of sp³-hybridized carbons (Fsp3) is 0.579. The van der Waals surface area contributed by atoms with Gasteiger partial charge in [-0.2, -0.15) is 0 Å². The van der Waals surface area contributed by atoms with Gasteiger partial charge in [0.25, 0.3) is 21.8 Å². The highest BCUT2D eigenvalue weighted by Gasteiger charge is 2.58. The lowest BCUT2D eigenvalue weighted by Gasteiger charge is -2.59. The molecule has 2 unspecified atom stereocenters. The lowest BCUT2D eigenvalue weighted by atomic mass is 9.51. The van der Waals surface area contributed by atoms with Crippen LogP contribution in [0.3, 0.4) is 0 Å². The fourth-order valence-electron chi connectivity index (χ4n) is 6.09. The first-order chi connectivity index (χ1) is 12.6. The number of hydrogen-bond acceptors (Lipinski definition) is 4. The summed E-state index contributed by atoms with van der Waals surface area (Å²) in [5.74, 6) is -0.385. The van der Waals surface area contributed by atoms with Gasteiger partial charge in [-0.3, -0.25) is 9.59 Å². The number of nitrogens with zero attached hydrogens (tertiary/aromatic N) is 1. The van der Waals surface area contributed by atoms with E-state index in [1.807, 2.05) is 0 Å². The van der Waals surface area contributed by atoms with Gasteiger partial charge >= 0.3 is 0 Å². The Morgan fingerprint density at radius 3 is 2.52 bits per heavy atom. The van der Waals surface area contributed by atoms with Crippen LogP contribution in [0.5, 0.6) is 0 Å². The van der Waals surface area contributed by atoms with Gasteiger partial charge in [0.15, 0.2) is 0 Å². The minimum absolute atomic E-state index is 0.0755. The summed E-state index contributed by atoms with van der Waals surface area (Å²) in [5.41, 5.74) is -1.47. The number of sulfonamides is 1. The second-order valence-electron chi connectivity index (χ2n) is 8.83. The van der Waals surface area contributed by atoms with E-state index in [4.69, 9.17) is 0 Å². The van der Waals surface area contributed by atoms with Gasteiger partial charge in [-0.1, -0.05) is 0 Å². The predicted molar refractivity (Wildman–Crippen MR) is 94.4 cm³/mol. The molecule has 6 nitrogen and oxygen atoms in total. The molecule has 8 heteroatoms. The normalized spacial score (nSPS) is 38.1.